The molecule has 2 aromatic heterocycles. The summed E-state index contributed by atoms with van der Waals surface area (Å²) < 4.78 is 15.8. The van der Waals surface area contributed by atoms with Crippen LogP contribution >= 0.6 is 11.8 Å². The molecule has 0 aliphatic rings. The maximum atomic E-state index is 13.9. The molecule has 1 aromatic carbocycles. The van der Waals surface area contributed by atoms with E-state index in [0.717, 1.165) is 5.65 Å². The molecule has 0 saturated heterocycles. The van der Waals surface area contributed by atoms with Crippen molar-refractivity contribution in [3.05, 3.63) is 59.5 Å². The van der Waals surface area contributed by atoms with Gasteiger partial charge < -0.3 is 5.73 Å². The molecule has 7 heteroatoms. The molecule has 0 bridgehead atoms. The van der Waals surface area contributed by atoms with Crippen LogP contribution in [0.5, 0.6) is 0 Å². The van der Waals surface area contributed by atoms with Gasteiger partial charge in [-0.15, -0.1) is 10.2 Å². The number of fused-ring (bicyclic) bond motifs is 1. The highest BCUT2D eigenvalue weighted by Gasteiger charge is 2.09. The van der Waals surface area contributed by atoms with E-state index in [1.807, 2.05) is 28.8 Å². The van der Waals surface area contributed by atoms with Crippen molar-refractivity contribution in [2.24, 2.45) is 5.73 Å². The van der Waals surface area contributed by atoms with Crippen molar-refractivity contribution in [3.63, 3.8) is 0 Å². The first-order chi connectivity index (χ1) is 10.1. The molecule has 0 fully saturated rings. The molecule has 3 rings (SSSR count). The predicted molar refractivity (Wildman–Crippen MR) is 80.0 cm³/mol. The molecule has 3 aromatic rings. The number of nitrogens with one attached hydrogen (secondary N) is 1. The topological polar surface area (TPSA) is 80.1 Å². The first-order valence-electron chi connectivity index (χ1n) is 6.20. The second-order valence-corrected chi connectivity index (χ2v) is 5.36. The molecular weight excluding hydrogens is 289 g/mol. The van der Waals surface area contributed by atoms with Crippen LogP contribution in [0.4, 0.5) is 4.39 Å². The highest BCUT2D eigenvalue weighted by molar-refractivity contribution is 7.98. The fourth-order valence-corrected chi connectivity index (χ4v) is 2.80. The average Bonchev–Trinajstić information content (AvgIpc) is 2.89. The summed E-state index contributed by atoms with van der Waals surface area (Å²) in [6.45, 7) is 0. The Bertz CT molecular complexity index is 814. The van der Waals surface area contributed by atoms with Crippen LogP contribution in [0.25, 0.3) is 5.65 Å². The zero-order valence-electron chi connectivity index (χ0n) is 11.0. The number of nitrogens with two attached hydrogens (primary N) is 1. The molecule has 0 amide bonds. The molecule has 0 saturated carbocycles. The van der Waals surface area contributed by atoms with Crippen LogP contribution in [-0.4, -0.2) is 20.4 Å². The van der Waals surface area contributed by atoms with Crippen molar-refractivity contribution in [1.29, 1.82) is 5.41 Å². The van der Waals surface area contributed by atoms with Crippen molar-refractivity contribution in [2.75, 3.05) is 0 Å². The van der Waals surface area contributed by atoms with Crippen LogP contribution in [0.15, 0.2) is 47.8 Å². The van der Waals surface area contributed by atoms with Gasteiger partial charge >= 0.3 is 0 Å². The Morgan fingerprint density at radius 1 is 1.29 bits per heavy atom. The summed E-state index contributed by atoms with van der Waals surface area (Å²) in [4.78, 5) is 0. The van der Waals surface area contributed by atoms with Crippen LogP contribution in [0.2, 0.25) is 0 Å². The lowest BCUT2D eigenvalue weighted by molar-refractivity contribution is 0.617. The average molecular weight is 301 g/mol. The first kappa shape index (κ1) is 13.6. The van der Waals surface area contributed by atoms with Crippen molar-refractivity contribution in [2.45, 2.75) is 10.9 Å². The van der Waals surface area contributed by atoms with Gasteiger partial charge in [-0.05, 0) is 23.8 Å². The van der Waals surface area contributed by atoms with Crippen molar-refractivity contribution >= 4 is 23.2 Å². The summed E-state index contributed by atoms with van der Waals surface area (Å²) in [5.41, 5.74) is 7.02. The van der Waals surface area contributed by atoms with Gasteiger partial charge in [0, 0.05) is 17.5 Å². The van der Waals surface area contributed by atoms with E-state index in [2.05, 4.69) is 10.2 Å². The number of hydrogen-bond donors (Lipinski definition) is 2. The van der Waals surface area contributed by atoms with Gasteiger partial charge in [-0.3, -0.25) is 9.81 Å². The molecule has 0 aliphatic carbocycles. The smallest absolute Gasteiger partial charge is 0.195 e. The Morgan fingerprint density at radius 2 is 2.14 bits per heavy atom. The summed E-state index contributed by atoms with van der Waals surface area (Å²) in [6.07, 6.45) is 1.87. The number of hydrogen-bond acceptors (Lipinski definition) is 4. The lowest BCUT2D eigenvalue weighted by Crippen LogP contribution is -2.11. The number of amidine groups is 1. The van der Waals surface area contributed by atoms with Crippen LogP contribution < -0.4 is 5.73 Å². The first-order valence-corrected chi connectivity index (χ1v) is 7.19. The molecule has 0 atom stereocenters. The van der Waals surface area contributed by atoms with E-state index in [-0.39, 0.29) is 11.7 Å². The monoisotopic (exact) mass is 301 g/mol. The van der Waals surface area contributed by atoms with Gasteiger partial charge in [0.15, 0.2) is 10.8 Å². The largest absolute Gasteiger partial charge is 0.384 e. The van der Waals surface area contributed by atoms with Gasteiger partial charge in [-0.2, -0.15) is 0 Å². The van der Waals surface area contributed by atoms with Crippen molar-refractivity contribution in [1.82, 2.24) is 14.6 Å². The van der Waals surface area contributed by atoms with Crippen LogP contribution in [0.1, 0.15) is 11.1 Å². The third-order valence-corrected chi connectivity index (χ3v) is 4.00. The summed E-state index contributed by atoms with van der Waals surface area (Å²) in [5, 5.41) is 16.1. The number of pyridine rings is 1. The molecule has 0 unspecified atom stereocenters. The van der Waals surface area contributed by atoms with Gasteiger partial charge in [0.2, 0.25) is 0 Å². The fourth-order valence-electron chi connectivity index (χ4n) is 1.89. The second kappa shape index (κ2) is 5.53. The molecular formula is C14H12FN5S. The third kappa shape index (κ3) is 2.73. The number of aromatic nitrogens is 3. The third-order valence-electron chi connectivity index (χ3n) is 3.00. The SMILES string of the molecule is N=C(N)c1ccc(CSc2nnc3ccccn23)c(F)c1. The summed E-state index contributed by atoms with van der Waals surface area (Å²) in [7, 11) is 0. The van der Waals surface area contributed by atoms with Gasteiger partial charge in [-0.1, -0.05) is 30.0 Å². The fraction of sp³-hybridized carbons (Fsp3) is 0.0714. The van der Waals surface area contributed by atoms with E-state index in [1.54, 1.807) is 12.1 Å². The van der Waals surface area contributed by atoms with E-state index in [4.69, 9.17) is 11.1 Å². The minimum Gasteiger partial charge on any atom is -0.384 e. The van der Waals surface area contributed by atoms with Gasteiger partial charge in [0.1, 0.15) is 11.7 Å². The van der Waals surface area contributed by atoms with Crippen LogP contribution in [0.3, 0.4) is 0 Å². The number of rotatable bonds is 4. The highest BCUT2D eigenvalue weighted by Crippen LogP contribution is 2.23. The Balaban J connectivity index is 1.80. The van der Waals surface area contributed by atoms with Gasteiger partial charge in [0.05, 0.1) is 0 Å². The molecule has 0 spiro atoms. The maximum Gasteiger partial charge on any atom is 0.195 e. The molecule has 3 N–H and O–H groups in total. The summed E-state index contributed by atoms with van der Waals surface area (Å²) in [6, 6.07) is 10.2. The number of benzene rings is 1. The normalized spacial score (nSPS) is 10.9. The van der Waals surface area contributed by atoms with Crippen LogP contribution in [0, 0.1) is 11.2 Å². The highest BCUT2D eigenvalue weighted by atomic mass is 32.2. The number of thioether (sulfide) groups is 1. The molecule has 5 nitrogen and oxygen atoms in total. The van der Waals surface area contributed by atoms with E-state index < -0.39 is 0 Å². The number of halogens is 1. The predicted octanol–water partition coefficient (Wildman–Crippen LogP) is 2.44. The van der Waals surface area contributed by atoms with E-state index in [9.17, 15) is 4.39 Å². The Morgan fingerprint density at radius 3 is 2.90 bits per heavy atom. The second-order valence-electron chi connectivity index (χ2n) is 4.42. The van der Waals surface area contributed by atoms with Crippen molar-refractivity contribution < 1.29 is 4.39 Å². The summed E-state index contributed by atoms with van der Waals surface area (Å²) >= 11 is 1.40. The quantitative estimate of drug-likeness (QED) is 0.440. The molecule has 21 heavy (non-hydrogen) atoms. The Kier molecular flexibility index (Phi) is 3.57. The van der Waals surface area contributed by atoms with Crippen LogP contribution in [-0.2, 0) is 5.75 Å². The molecule has 2 heterocycles. The molecule has 106 valence electrons. The standard InChI is InChI=1S/C14H12FN5S/c15-11-7-9(13(16)17)4-5-10(11)8-21-14-19-18-12-3-1-2-6-20(12)14/h1-7H,8H2,(H3,16,17). The maximum absolute atomic E-state index is 13.9. The van der Waals surface area contributed by atoms with Crippen molar-refractivity contribution in [3.8, 4) is 0 Å². The summed E-state index contributed by atoms with van der Waals surface area (Å²) in [5.74, 6) is -0.0831. The van der Waals surface area contributed by atoms with Gasteiger partial charge in [0.25, 0.3) is 0 Å². The van der Waals surface area contributed by atoms with E-state index in [1.165, 1.54) is 17.8 Å². The zero-order chi connectivity index (χ0) is 14.8. The lowest BCUT2D eigenvalue weighted by Gasteiger charge is -2.04. The molecule has 0 radical (unpaired) electrons. The van der Waals surface area contributed by atoms with E-state index in [0.29, 0.717) is 22.0 Å². The minimum atomic E-state index is -0.371. The number of nitrogens with zero attached hydrogens (tertiary/aromatic N) is 3. The lowest BCUT2D eigenvalue weighted by atomic mass is 10.1. The Labute approximate surface area is 124 Å². The van der Waals surface area contributed by atoms with E-state index >= 15 is 0 Å². The van der Waals surface area contributed by atoms with Gasteiger partial charge in [-0.25, -0.2) is 4.39 Å². The molecule has 0 aliphatic heterocycles. The number of nitrogen functional groups attached to an aromatic ring is 1. The zero-order valence-corrected chi connectivity index (χ0v) is 11.8. The minimum absolute atomic E-state index is 0.142. The Hall–Kier alpha value is -2.41.